The molecular formula is C22H35N5O5S. The van der Waals surface area contributed by atoms with Crippen LogP contribution in [0.3, 0.4) is 0 Å². The average Bonchev–Trinajstić information content (AvgIpc) is 3.09. The van der Waals surface area contributed by atoms with Gasteiger partial charge in [-0.2, -0.15) is 4.31 Å². The zero-order valence-corrected chi connectivity index (χ0v) is 20.4. The zero-order chi connectivity index (χ0) is 24.0. The summed E-state index contributed by atoms with van der Waals surface area (Å²) in [6.07, 6.45) is 4.47. The van der Waals surface area contributed by atoms with Crippen LogP contribution in [0.15, 0.2) is 23.1 Å². The Balaban J connectivity index is 1.68. The summed E-state index contributed by atoms with van der Waals surface area (Å²) in [5, 5.41) is 11.8. The molecule has 1 aromatic rings. The van der Waals surface area contributed by atoms with Crippen molar-refractivity contribution in [1.29, 1.82) is 0 Å². The largest absolute Gasteiger partial charge is 0.363 e. The number of sulfonamides is 1. The number of hydrogen-bond acceptors (Lipinski definition) is 7. The number of amides is 1. The Morgan fingerprint density at radius 2 is 1.61 bits per heavy atom. The van der Waals surface area contributed by atoms with E-state index in [-0.39, 0.29) is 16.5 Å². The van der Waals surface area contributed by atoms with Crippen LogP contribution in [0.2, 0.25) is 0 Å². The SMILES string of the molecule is CCN(CC)S(=O)(=O)c1ccc(N2CCN(CC(=O)N3CCCCCC3)CC2)c([N+](=O)[O-])c1. The number of hydrogen-bond donors (Lipinski definition) is 0. The smallest absolute Gasteiger partial charge is 0.293 e. The first-order chi connectivity index (χ1) is 15.8. The van der Waals surface area contributed by atoms with Crippen LogP contribution < -0.4 is 4.90 Å². The van der Waals surface area contributed by atoms with Crippen LogP contribution in [-0.2, 0) is 14.8 Å². The molecule has 33 heavy (non-hydrogen) atoms. The molecule has 10 nitrogen and oxygen atoms in total. The Morgan fingerprint density at radius 3 is 2.15 bits per heavy atom. The van der Waals surface area contributed by atoms with Gasteiger partial charge in [-0.25, -0.2) is 8.42 Å². The lowest BCUT2D eigenvalue weighted by atomic mass is 10.2. The molecule has 0 aliphatic carbocycles. The van der Waals surface area contributed by atoms with Crippen molar-refractivity contribution in [1.82, 2.24) is 14.1 Å². The second-order valence-electron chi connectivity index (χ2n) is 8.56. The maximum Gasteiger partial charge on any atom is 0.293 e. The van der Waals surface area contributed by atoms with Gasteiger partial charge in [-0.3, -0.25) is 19.8 Å². The van der Waals surface area contributed by atoms with Gasteiger partial charge < -0.3 is 9.80 Å². The molecule has 0 unspecified atom stereocenters. The fourth-order valence-corrected chi connectivity index (χ4v) is 6.03. The van der Waals surface area contributed by atoms with E-state index in [1.807, 2.05) is 9.80 Å². The minimum Gasteiger partial charge on any atom is -0.363 e. The number of nitro groups is 1. The monoisotopic (exact) mass is 481 g/mol. The third kappa shape index (κ3) is 6.01. The van der Waals surface area contributed by atoms with Crippen molar-refractivity contribution in [3.05, 3.63) is 28.3 Å². The molecule has 2 aliphatic heterocycles. The summed E-state index contributed by atoms with van der Waals surface area (Å²) in [5.41, 5.74) is 0.203. The van der Waals surface area contributed by atoms with Crippen molar-refractivity contribution in [3.8, 4) is 0 Å². The Kier molecular flexibility index (Phi) is 8.66. The molecule has 0 radical (unpaired) electrons. The van der Waals surface area contributed by atoms with Crippen LogP contribution in [0.25, 0.3) is 0 Å². The summed E-state index contributed by atoms with van der Waals surface area (Å²) < 4.78 is 26.9. The number of piperazine rings is 1. The maximum absolute atomic E-state index is 12.8. The normalized spacial score (nSPS) is 18.4. The third-order valence-corrected chi connectivity index (χ3v) is 8.56. The van der Waals surface area contributed by atoms with E-state index >= 15 is 0 Å². The fourth-order valence-electron chi connectivity index (χ4n) is 4.55. The van der Waals surface area contributed by atoms with E-state index in [4.69, 9.17) is 0 Å². The van der Waals surface area contributed by atoms with Crippen LogP contribution in [0.1, 0.15) is 39.5 Å². The highest BCUT2D eigenvalue weighted by Gasteiger charge is 2.29. The van der Waals surface area contributed by atoms with Gasteiger partial charge in [-0.05, 0) is 25.0 Å². The van der Waals surface area contributed by atoms with E-state index in [0.29, 0.717) is 51.5 Å². The lowest BCUT2D eigenvalue weighted by Gasteiger charge is -2.36. The molecular weight excluding hydrogens is 446 g/mol. The predicted molar refractivity (Wildman–Crippen MR) is 127 cm³/mol. The quantitative estimate of drug-likeness (QED) is 0.414. The Bertz CT molecular complexity index is 934. The van der Waals surface area contributed by atoms with E-state index < -0.39 is 14.9 Å². The van der Waals surface area contributed by atoms with E-state index in [1.165, 1.54) is 29.3 Å². The molecule has 11 heteroatoms. The second-order valence-corrected chi connectivity index (χ2v) is 10.5. The summed E-state index contributed by atoms with van der Waals surface area (Å²) in [7, 11) is -3.78. The lowest BCUT2D eigenvalue weighted by Crippen LogP contribution is -2.50. The van der Waals surface area contributed by atoms with Gasteiger partial charge in [0.15, 0.2) is 0 Å². The van der Waals surface area contributed by atoms with Crippen molar-refractivity contribution < 1.29 is 18.1 Å². The molecule has 184 valence electrons. The third-order valence-electron chi connectivity index (χ3n) is 6.52. The van der Waals surface area contributed by atoms with Gasteiger partial charge in [0.05, 0.1) is 16.4 Å². The first kappa shape index (κ1) is 25.4. The van der Waals surface area contributed by atoms with Gasteiger partial charge in [0.1, 0.15) is 5.69 Å². The van der Waals surface area contributed by atoms with Crippen molar-refractivity contribution in [2.24, 2.45) is 0 Å². The highest BCUT2D eigenvalue weighted by molar-refractivity contribution is 7.89. The summed E-state index contributed by atoms with van der Waals surface area (Å²) in [6, 6.07) is 4.15. The maximum atomic E-state index is 12.8. The van der Waals surface area contributed by atoms with E-state index in [1.54, 1.807) is 13.8 Å². The van der Waals surface area contributed by atoms with Crippen LogP contribution in [-0.4, -0.2) is 92.3 Å². The summed E-state index contributed by atoms with van der Waals surface area (Å²) in [6.45, 7) is 8.41. The standard InChI is InChI=1S/C22H35N5O5S/c1-3-26(4-2)33(31,32)19-9-10-20(21(17-19)27(29)30)24-15-13-23(14-16-24)18-22(28)25-11-7-5-6-8-12-25/h9-10,17H,3-8,11-16,18H2,1-2H3. The molecule has 3 rings (SSSR count). The second kappa shape index (κ2) is 11.3. The van der Waals surface area contributed by atoms with Gasteiger partial charge >= 0.3 is 0 Å². The average molecular weight is 482 g/mol. The number of benzene rings is 1. The van der Waals surface area contributed by atoms with Gasteiger partial charge in [-0.1, -0.05) is 26.7 Å². The fraction of sp³-hybridized carbons (Fsp3) is 0.682. The van der Waals surface area contributed by atoms with E-state index in [9.17, 15) is 23.3 Å². The molecule has 0 bridgehead atoms. The number of rotatable bonds is 8. The van der Waals surface area contributed by atoms with Crippen molar-refractivity contribution in [2.45, 2.75) is 44.4 Å². The minimum atomic E-state index is -3.78. The molecule has 2 saturated heterocycles. The molecule has 1 amide bonds. The number of carbonyl (C=O) groups is 1. The molecule has 0 N–H and O–H groups in total. The summed E-state index contributed by atoms with van der Waals surface area (Å²) >= 11 is 0. The molecule has 0 spiro atoms. The van der Waals surface area contributed by atoms with Gasteiger partial charge in [0, 0.05) is 58.4 Å². The predicted octanol–water partition coefficient (Wildman–Crippen LogP) is 2.15. The topological polar surface area (TPSA) is 107 Å². The molecule has 0 saturated carbocycles. The van der Waals surface area contributed by atoms with Crippen molar-refractivity contribution in [2.75, 3.05) is 63.8 Å². The van der Waals surface area contributed by atoms with Crippen LogP contribution >= 0.6 is 0 Å². The lowest BCUT2D eigenvalue weighted by molar-refractivity contribution is -0.384. The highest BCUT2D eigenvalue weighted by atomic mass is 32.2. The Morgan fingerprint density at radius 1 is 1.00 bits per heavy atom. The van der Waals surface area contributed by atoms with Crippen LogP contribution in [0, 0.1) is 10.1 Å². The van der Waals surface area contributed by atoms with Crippen LogP contribution in [0.4, 0.5) is 11.4 Å². The first-order valence-electron chi connectivity index (χ1n) is 11.8. The first-order valence-corrected chi connectivity index (χ1v) is 13.3. The van der Waals surface area contributed by atoms with E-state index in [2.05, 4.69) is 4.90 Å². The molecule has 0 aromatic heterocycles. The molecule has 2 heterocycles. The summed E-state index contributed by atoms with van der Waals surface area (Å²) in [4.78, 5) is 29.8. The van der Waals surface area contributed by atoms with Crippen molar-refractivity contribution >= 4 is 27.3 Å². The van der Waals surface area contributed by atoms with Crippen LogP contribution in [0.5, 0.6) is 0 Å². The van der Waals surface area contributed by atoms with E-state index in [0.717, 1.165) is 32.0 Å². The zero-order valence-electron chi connectivity index (χ0n) is 19.6. The number of carbonyl (C=O) groups excluding carboxylic acids is 1. The Labute approximate surface area is 196 Å². The molecule has 1 aromatic carbocycles. The molecule has 0 atom stereocenters. The number of nitro benzene ring substituents is 1. The van der Waals surface area contributed by atoms with Gasteiger partial charge in [0.2, 0.25) is 15.9 Å². The summed E-state index contributed by atoms with van der Waals surface area (Å²) in [5.74, 6) is 0.155. The highest BCUT2D eigenvalue weighted by Crippen LogP contribution is 2.32. The number of likely N-dealkylation sites (tertiary alicyclic amines) is 1. The molecule has 2 aliphatic rings. The minimum absolute atomic E-state index is 0.0664. The Hall–Kier alpha value is -2.24. The van der Waals surface area contributed by atoms with Crippen molar-refractivity contribution in [3.63, 3.8) is 0 Å². The number of anilines is 1. The number of nitrogens with zero attached hydrogens (tertiary/aromatic N) is 5. The van der Waals surface area contributed by atoms with Gasteiger partial charge in [-0.15, -0.1) is 0 Å². The molecule has 2 fully saturated rings. The van der Waals surface area contributed by atoms with Gasteiger partial charge in [0.25, 0.3) is 5.69 Å².